The van der Waals surface area contributed by atoms with Gasteiger partial charge in [0.25, 0.3) is 0 Å². The van der Waals surface area contributed by atoms with Crippen LogP contribution in [0.2, 0.25) is 0 Å². The summed E-state index contributed by atoms with van der Waals surface area (Å²) in [5, 5.41) is 0. The first kappa shape index (κ1) is 10.0. The number of hydrogen-bond acceptors (Lipinski definition) is 2. The first-order valence-corrected chi connectivity index (χ1v) is 9.06. The van der Waals surface area contributed by atoms with Gasteiger partial charge < -0.3 is 6.07 Å². The van der Waals surface area contributed by atoms with Crippen molar-refractivity contribution >= 4 is 13.6 Å². The van der Waals surface area contributed by atoms with Crippen molar-refractivity contribution in [2.24, 2.45) is 0 Å². The fourth-order valence-corrected chi connectivity index (χ4v) is 0.281. The average Bonchev–Trinajstić information content (AvgIpc) is 1.91. The van der Waals surface area contributed by atoms with E-state index in [1.54, 1.807) is 0 Å². The van der Waals surface area contributed by atoms with Gasteiger partial charge >= 0.3 is 36.0 Å². The van der Waals surface area contributed by atoms with Gasteiger partial charge in [-0.25, -0.2) is 14.4 Å². The van der Waals surface area contributed by atoms with Crippen molar-refractivity contribution in [3.8, 4) is 0 Å². The maximum absolute atomic E-state index is 11.7. The van der Waals surface area contributed by atoms with E-state index in [4.69, 9.17) is 0 Å². The van der Waals surface area contributed by atoms with Crippen molar-refractivity contribution in [2.75, 3.05) is 0 Å². The molecule has 0 N–H and O–H groups in total. The molecule has 0 spiro atoms. The quantitative estimate of drug-likeness (QED) is 0.305. The van der Waals surface area contributed by atoms with E-state index in [9.17, 15) is 8.78 Å². The van der Waals surface area contributed by atoms with E-state index in [-0.39, 0.29) is 0 Å². The molecule has 6 heteroatoms. The molecule has 0 fully saturated rings. The molecule has 0 bridgehead atoms. The Labute approximate surface area is 73.1 Å². The molecule has 2 nitrogen and oxygen atoms in total. The summed E-state index contributed by atoms with van der Waals surface area (Å²) >= 11 is 4.25. The molecule has 10 heavy (non-hydrogen) atoms. The zero-order chi connectivity index (χ0) is 7.98. The van der Waals surface area contributed by atoms with E-state index in [0.717, 1.165) is 6.20 Å². The first-order valence-electron chi connectivity index (χ1n) is 2.11. The summed E-state index contributed by atoms with van der Waals surface area (Å²) in [6.45, 7) is 0. The summed E-state index contributed by atoms with van der Waals surface area (Å²) in [7, 11) is 0. The predicted molar refractivity (Wildman–Crippen MR) is 29.7 cm³/mol. The number of aromatic nitrogens is 2. The Balaban J connectivity index is 0.000000371. The Morgan fingerprint density at radius 1 is 1.50 bits per heavy atom. The third-order valence-corrected chi connectivity index (χ3v) is 0.545. The van der Waals surface area contributed by atoms with Crippen LogP contribution in [0.4, 0.5) is 8.78 Å². The predicted octanol–water partition coefficient (Wildman–Crippen LogP) is 1.40. The second kappa shape index (κ2) is 5.80. The summed E-state index contributed by atoms with van der Waals surface area (Å²) in [5.74, 6) is -0.975. The van der Waals surface area contributed by atoms with E-state index < -0.39 is 12.0 Å². The van der Waals surface area contributed by atoms with Crippen molar-refractivity contribution in [1.29, 1.82) is 0 Å². The Morgan fingerprint density at radius 2 is 2.10 bits per heavy atom. The fraction of sp³-hybridized carbons (Fsp3) is 0. The molecule has 1 rings (SSSR count). The van der Waals surface area contributed by atoms with Crippen LogP contribution in [0.5, 0.6) is 0 Å². The Hall–Kier alpha value is 0.0434. The third-order valence-electron chi connectivity index (χ3n) is 0.545. The zero-order valence-corrected chi connectivity index (χ0v) is 9.37. The van der Waals surface area contributed by atoms with Gasteiger partial charge in [-0.2, -0.15) is 4.39 Å². The van der Waals surface area contributed by atoms with Crippen molar-refractivity contribution in [1.82, 2.24) is 9.97 Å². The van der Waals surface area contributed by atoms with E-state index >= 15 is 0 Å². The topological polar surface area (TPSA) is 25.8 Å². The third kappa shape index (κ3) is 3.96. The maximum atomic E-state index is 11.7. The number of nitrogens with zero attached hydrogens (tertiary/aromatic N) is 2. The number of hydrogen-bond donors (Lipinski definition) is 0. The summed E-state index contributed by atoms with van der Waals surface area (Å²) in [4.78, 5) is 5.64. The molecular formula is C4HBrF2N2Zn. The summed E-state index contributed by atoms with van der Waals surface area (Å²) in [6.07, 6.45) is -0.182. The van der Waals surface area contributed by atoms with Crippen molar-refractivity contribution in [2.45, 2.75) is 0 Å². The zero-order valence-electron chi connectivity index (χ0n) is 4.81. The molecule has 0 radical (unpaired) electrons. The second-order valence-corrected chi connectivity index (χ2v) is 1.07. The van der Waals surface area contributed by atoms with Crippen molar-refractivity contribution < 1.29 is 25.1 Å². The summed E-state index contributed by atoms with van der Waals surface area (Å²) in [6, 6.07) is 1.94. The second-order valence-electron chi connectivity index (χ2n) is 1.07. The van der Waals surface area contributed by atoms with Gasteiger partial charge in [-0.15, -0.1) is 6.20 Å². The van der Waals surface area contributed by atoms with Crippen molar-refractivity contribution in [3.05, 3.63) is 24.3 Å². The van der Waals surface area contributed by atoms with Crippen LogP contribution in [0.15, 0.2) is 6.20 Å². The molecule has 0 aliphatic rings. The van der Waals surface area contributed by atoms with Crippen LogP contribution in [0.1, 0.15) is 0 Å². The van der Waals surface area contributed by atoms with Gasteiger partial charge in [0.05, 0.1) is 0 Å². The van der Waals surface area contributed by atoms with Crippen LogP contribution in [0.3, 0.4) is 0 Å². The number of halogens is 3. The van der Waals surface area contributed by atoms with Crippen LogP contribution >= 0.6 is 13.6 Å². The van der Waals surface area contributed by atoms with E-state index in [2.05, 4.69) is 23.6 Å². The van der Waals surface area contributed by atoms with Crippen LogP contribution in [-0.4, -0.2) is 9.97 Å². The molecule has 1 aromatic heterocycles. The standard InChI is InChI=1S/C4HF2N2.BrH.Zn/c5-3-1-2-7-4(6)8-3;;/h2H;1H;/q-1;;+2/p-1. The molecule has 1 aromatic rings. The van der Waals surface area contributed by atoms with Gasteiger partial charge in [0.15, 0.2) is 0 Å². The normalized spacial score (nSPS) is 8.10. The van der Waals surface area contributed by atoms with Crippen LogP contribution in [-0.2, 0) is 16.3 Å². The molecule has 0 aromatic carbocycles. The molecule has 0 amide bonds. The molecule has 0 saturated carbocycles. The van der Waals surface area contributed by atoms with Gasteiger partial charge in [-0.1, -0.05) is 0 Å². The fourth-order valence-electron chi connectivity index (χ4n) is 0.281. The van der Waals surface area contributed by atoms with Gasteiger partial charge in [0.1, 0.15) is 0 Å². The van der Waals surface area contributed by atoms with E-state index in [0.29, 0.717) is 0 Å². The molecule has 0 unspecified atom stereocenters. The minimum atomic E-state index is -1.07. The molecule has 0 aliphatic heterocycles. The number of rotatable bonds is 0. The van der Waals surface area contributed by atoms with Gasteiger partial charge in [-0.05, 0) is 0 Å². The van der Waals surface area contributed by atoms with Crippen LogP contribution in [0, 0.1) is 18.1 Å². The minimum absolute atomic E-state index is 0.887. The summed E-state index contributed by atoms with van der Waals surface area (Å²) in [5.41, 5.74) is 0. The molecular weight excluding hydrogens is 259 g/mol. The van der Waals surface area contributed by atoms with Crippen molar-refractivity contribution in [3.63, 3.8) is 0 Å². The molecule has 0 atom stereocenters. The molecule has 0 saturated heterocycles. The summed E-state index contributed by atoms with van der Waals surface area (Å²) < 4.78 is 23.4. The van der Waals surface area contributed by atoms with E-state index in [1.165, 1.54) is 16.3 Å². The van der Waals surface area contributed by atoms with E-state index in [1.807, 2.05) is 6.07 Å². The average molecular weight is 260 g/mol. The monoisotopic (exact) mass is 258 g/mol. The molecule has 0 aliphatic carbocycles. The SMILES string of the molecule is Fc1[c-]cnc(F)n1.[Zn+][Br]. The molecule has 50 valence electrons. The van der Waals surface area contributed by atoms with Gasteiger partial charge in [0, 0.05) is 5.95 Å². The van der Waals surface area contributed by atoms with Gasteiger partial charge in [0.2, 0.25) is 0 Å². The Bertz CT molecular complexity index is 181. The Morgan fingerprint density at radius 3 is 2.40 bits per heavy atom. The molecule has 1 heterocycles. The van der Waals surface area contributed by atoms with Crippen LogP contribution < -0.4 is 0 Å². The Kier molecular flexibility index (Phi) is 5.83. The first-order chi connectivity index (χ1) is 4.79. The van der Waals surface area contributed by atoms with Crippen LogP contribution in [0.25, 0.3) is 0 Å². The van der Waals surface area contributed by atoms with Gasteiger partial charge in [-0.3, -0.25) is 0 Å².